The minimum Gasteiger partial charge on any atom is -0.399 e. The maximum Gasteiger partial charge on any atom is 0.236 e. The van der Waals surface area contributed by atoms with E-state index in [0.29, 0.717) is 6.54 Å². The van der Waals surface area contributed by atoms with Crippen LogP contribution in [0.4, 0.5) is 5.69 Å². The van der Waals surface area contributed by atoms with Crippen molar-refractivity contribution in [1.29, 1.82) is 0 Å². The molecule has 1 aromatic rings. The fraction of sp³-hybridized carbons (Fsp3) is 0.500. The fourth-order valence-electron chi connectivity index (χ4n) is 1.62. The van der Waals surface area contributed by atoms with Gasteiger partial charge in [0.1, 0.15) is 0 Å². The first kappa shape index (κ1) is 14.5. The van der Waals surface area contributed by atoms with Gasteiger partial charge in [-0.05, 0) is 38.6 Å². The molecule has 4 heteroatoms. The lowest BCUT2D eigenvalue weighted by atomic mass is 10.2. The van der Waals surface area contributed by atoms with Crippen LogP contribution in [0.15, 0.2) is 24.3 Å². The molecule has 0 atom stereocenters. The Morgan fingerprint density at radius 1 is 1.22 bits per heavy atom. The average molecular weight is 249 g/mol. The molecular formula is C14H23N3O. The van der Waals surface area contributed by atoms with E-state index in [1.165, 1.54) is 0 Å². The Bertz CT molecular complexity index is 387. The maximum atomic E-state index is 11.9. The van der Waals surface area contributed by atoms with Crippen molar-refractivity contribution in [2.75, 3.05) is 26.4 Å². The average Bonchev–Trinajstić information content (AvgIpc) is 2.30. The van der Waals surface area contributed by atoms with Crippen LogP contribution in [0.2, 0.25) is 0 Å². The summed E-state index contributed by atoms with van der Waals surface area (Å²) >= 11 is 0. The normalized spacial score (nSPS) is 11.0. The number of nitrogens with zero attached hydrogens (tertiary/aromatic N) is 2. The van der Waals surface area contributed by atoms with E-state index < -0.39 is 0 Å². The highest BCUT2D eigenvalue weighted by atomic mass is 16.2. The topological polar surface area (TPSA) is 49.6 Å². The Labute approximate surface area is 109 Å². The summed E-state index contributed by atoms with van der Waals surface area (Å²) < 4.78 is 0. The number of rotatable bonds is 5. The van der Waals surface area contributed by atoms with E-state index in [1.54, 1.807) is 4.90 Å². The molecule has 4 nitrogen and oxygen atoms in total. The number of likely N-dealkylation sites (N-methyl/N-ethyl adjacent to an activating group) is 2. The summed E-state index contributed by atoms with van der Waals surface area (Å²) in [6.45, 7) is 5.20. The Kier molecular flexibility index (Phi) is 5.16. The van der Waals surface area contributed by atoms with Crippen LogP contribution < -0.4 is 5.73 Å². The summed E-state index contributed by atoms with van der Waals surface area (Å²) in [5, 5.41) is 0. The molecule has 2 N–H and O–H groups in total. The van der Waals surface area contributed by atoms with Gasteiger partial charge in [0.15, 0.2) is 0 Å². The number of anilines is 1. The second-order valence-electron chi connectivity index (χ2n) is 5.01. The fourth-order valence-corrected chi connectivity index (χ4v) is 1.62. The van der Waals surface area contributed by atoms with Crippen LogP contribution in [0, 0.1) is 0 Å². The van der Waals surface area contributed by atoms with Gasteiger partial charge in [-0.25, -0.2) is 0 Å². The molecule has 0 aliphatic carbocycles. The summed E-state index contributed by atoms with van der Waals surface area (Å²) in [7, 11) is 3.78. The van der Waals surface area contributed by atoms with E-state index in [1.807, 2.05) is 57.1 Å². The first-order valence-corrected chi connectivity index (χ1v) is 6.18. The molecule has 0 aliphatic heterocycles. The van der Waals surface area contributed by atoms with E-state index in [9.17, 15) is 4.79 Å². The highest BCUT2D eigenvalue weighted by Crippen LogP contribution is 2.08. The van der Waals surface area contributed by atoms with Crippen LogP contribution in [-0.4, -0.2) is 42.4 Å². The second-order valence-corrected chi connectivity index (χ2v) is 5.01. The molecule has 0 bridgehead atoms. The summed E-state index contributed by atoms with van der Waals surface area (Å²) in [5.41, 5.74) is 7.56. The lowest BCUT2D eigenvalue weighted by molar-refractivity contribution is -0.132. The molecule has 0 aromatic heterocycles. The smallest absolute Gasteiger partial charge is 0.236 e. The van der Waals surface area contributed by atoms with Crippen LogP contribution >= 0.6 is 0 Å². The van der Waals surface area contributed by atoms with Crippen molar-refractivity contribution in [2.24, 2.45) is 0 Å². The van der Waals surface area contributed by atoms with Gasteiger partial charge in [0.25, 0.3) is 0 Å². The van der Waals surface area contributed by atoms with Crippen molar-refractivity contribution >= 4 is 11.6 Å². The van der Waals surface area contributed by atoms with Crippen LogP contribution in [0.5, 0.6) is 0 Å². The Morgan fingerprint density at radius 2 is 1.78 bits per heavy atom. The number of carbonyl (C=O) groups excluding carboxylic acids is 1. The number of hydrogen-bond acceptors (Lipinski definition) is 3. The molecule has 18 heavy (non-hydrogen) atoms. The van der Waals surface area contributed by atoms with Crippen LogP contribution in [0.25, 0.3) is 0 Å². The van der Waals surface area contributed by atoms with E-state index in [4.69, 9.17) is 5.73 Å². The zero-order valence-corrected chi connectivity index (χ0v) is 11.7. The summed E-state index contributed by atoms with van der Waals surface area (Å²) in [5.74, 6) is 0.142. The predicted molar refractivity (Wildman–Crippen MR) is 75.1 cm³/mol. The zero-order chi connectivity index (χ0) is 13.7. The number of benzene rings is 1. The van der Waals surface area contributed by atoms with Gasteiger partial charge in [-0.3, -0.25) is 9.69 Å². The molecule has 0 saturated heterocycles. The number of carbonyl (C=O) groups is 1. The van der Waals surface area contributed by atoms with Crippen molar-refractivity contribution < 1.29 is 4.79 Å². The third kappa shape index (κ3) is 4.37. The first-order chi connectivity index (χ1) is 8.40. The zero-order valence-electron chi connectivity index (χ0n) is 11.7. The summed E-state index contributed by atoms with van der Waals surface area (Å²) in [6.07, 6.45) is 0. The lowest BCUT2D eigenvalue weighted by Crippen LogP contribution is -2.39. The van der Waals surface area contributed by atoms with Gasteiger partial charge in [-0.15, -0.1) is 0 Å². The van der Waals surface area contributed by atoms with E-state index in [2.05, 4.69) is 0 Å². The molecular weight excluding hydrogens is 226 g/mol. The van der Waals surface area contributed by atoms with Crippen molar-refractivity contribution in [2.45, 2.75) is 26.4 Å². The molecule has 0 fully saturated rings. The monoisotopic (exact) mass is 249 g/mol. The summed E-state index contributed by atoms with van der Waals surface area (Å²) in [4.78, 5) is 15.7. The summed E-state index contributed by atoms with van der Waals surface area (Å²) in [6, 6.07) is 7.98. The van der Waals surface area contributed by atoms with Crippen molar-refractivity contribution in [3.05, 3.63) is 29.8 Å². The molecule has 100 valence electrons. The van der Waals surface area contributed by atoms with Gasteiger partial charge in [0.2, 0.25) is 5.91 Å². The highest BCUT2D eigenvalue weighted by molar-refractivity contribution is 5.78. The molecule has 0 radical (unpaired) electrons. The van der Waals surface area contributed by atoms with Gasteiger partial charge in [-0.1, -0.05) is 12.1 Å². The van der Waals surface area contributed by atoms with E-state index >= 15 is 0 Å². The molecule has 0 unspecified atom stereocenters. The third-order valence-corrected chi connectivity index (χ3v) is 3.01. The molecule has 1 rings (SSSR count). The SMILES string of the molecule is CC(C)N(C)C(=O)CN(C)Cc1ccc(N)cc1. The first-order valence-electron chi connectivity index (χ1n) is 6.18. The molecule has 0 heterocycles. The number of amides is 1. The molecule has 0 aliphatic rings. The molecule has 0 spiro atoms. The molecule has 0 saturated carbocycles. The number of hydrogen-bond donors (Lipinski definition) is 1. The van der Waals surface area contributed by atoms with Crippen LogP contribution in [0.3, 0.4) is 0 Å². The van der Waals surface area contributed by atoms with Crippen molar-refractivity contribution in [1.82, 2.24) is 9.80 Å². The van der Waals surface area contributed by atoms with E-state index in [0.717, 1.165) is 17.8 Å². The van der Waals surface area contributed by atoms with Gasteiger partial charge >= 0.3 is 0 Å². The van der Waals surface area contributed by atoms with Gasteiger partial charge in [0, 0.05) is 25.3 Å². The molecule has 1 amide bonds. The van der Waals surface area contributed by atoms with Crippen LogP contribution in [0.1, 0.15) is 19.4 Å². The Balaban J connectivity index is 2.49. The minimum atomic E-state index is 0.142. The quantitative estimate of drug-likeness (QED) is 0.806. The minimum absolute atomic E-state index is 0.142. The van der Waals surface area contributed by atoms with Crippen LogP contribution in [-0.2, 0) is 11.3 Å². The van der Waals surface area contributed by atoms with Gasteiger partial charge < -0.3 is 10.6 Å². The third-order valence-electron chi connectivity index (χ3n) is 3.01. The second kappa shape index (κ2) is 6.40. The number of nitrogens with two attached hydrogens (primary N) is 1. The van der Waals surface area contributed by atoms with E-state index in [-0.39, 0.29) is 11.9 Å². The largest absolute Gasteiger partial charge is 0.399 e. The lowest BCUT2D eigenvalue weighted by Gasteiger charge is -2.24. The highest BCUT2D eigenvalue weighted by Gasteiger charge is 2.14. The standard InChI is InChI=1S/C14H23N3O/c1-11(2)17(4)14(18)10-16(3)9-12-5-7-13(15)8-6-12/h5-8,11H,9-10,15H2,1-4H3. The van der Waals surface area contributed by atoms with Crippen molar-refractivity contribution in [3.8, 4) is 0 Å². The maximum absolute atomic E-state index is 11.9. The Morgan fingerprint density at radius 3 is 2.28 bits per heavy atom. The van der Waals surface area contributed by atoms with Crippen molar-refractivity contribution in [3.63, 3.8) is 0 Å². The molecule has 1 aromatic carbocycles. The number of nitrogen functional groups attached to an aromatic ring is 1. The Hall–Kier alpha value is -1.55. The predicted octanol–water partition coefficient (Wildman–Crippen LogP) is 1.57. The van der Waals surface area contributed by atoms with Gasteiger partial charge in [0.05, 0.1) is 6.54 Å². The van der Waals surface area contributed by atoms with Gasteiger partial charge in [-0.2, -0.15) is 0 Å².